The van der Waals surface area contributed by atoms with Crippen LogP contribution in [0.1, 0.15) is 52.5 Å². The van der Waals surface area contributed by atoms with Crippen molar-refractivity contribution in [2.24, 2.45) is 0 Å². The minimum absolute atomic E-state index is 0.0703. The van der Waals surface area contributed by atoms with Gasteiger partial charge in [0.2, 0.25) is 5.95 Å². The zero-order chi connectivity index (χ0) is 30.0. The number of nitrogens with zero attached hydrogens (tertiary/aromatic N) is 4. The zero-order valence-electron chi connectivity index (χ0n) is 24.9. The second-order valence-corrected chi connectivity index (χ2v) is 8.39. The molecule has 1 amide bonds. The van der Waals surface area contributed by atoms with Crippen LogP contribution in [0.2, 0.25) is 0 Å². The fraction of sp³-hybridized carbons (Fsp3) is 0.296. The number of methoxy groups -OCH3 is 2. The summed E-state index contributed by atoms with van der Waals surface area (Å²) in [6.45, 7) is 1.21. The molecule has 0 radical (unpaired) electrons. The van der Waals surface area contributed by atoms with Crippen molar-refractivity contribution >= 4 is 22.8 Å². The number of anilines is 1. The van der Waals surface area contributed by atoms with E-state index >= 15 is 0 Å². The Balaban J connectivity index is 1.61. The van der Waals surface area contributed by atoms with Crippen LogP contribution in [-0.4, -0.2) is 46.9 Å². The number of nitrogen functional groups attached to an aromatic ring is 1. The molecule has 10 nitrogen and oxygen atoms in total. The molecular formula is C27H30N6O4. The number of para-hydroxylation sites is 1. The molecule has 0 bridgehead atoms. The fourth-order valence-corrected chi connectivity index (χ4v) is 3.49. The van der Waals surface area contributed by atoms with E-state index in [-0.39, 0.29) is 35.4 Å². The Kier molecular flexibility index (Phi) is 6.39. The lowest BCUT2D eigenvalue weighted by atomic mass is 10.0. The van der Waals surface area contributed by atoms with Crippen LogP contribution in [0.25, 0.3) is 10.9 Å². The van der Waals surface area contributed by atoms with Crippen LogP contribution in [0.4, 0.5) is 5.95 Å². The molecule has 0 unspecified atom stereocenters. The number of rotatable bonds is 10. The first-order chi connectivity index (χ1) is 19.3. The number of ether oxygens (including phenoxy) is 3. The quantitative estimate of drug-likeness (QED) is 0.310. The van der Waals surface area contributed by atoms with Gasteiger partial charge in [0.15, 0.2) is 0 Å². The molecule has 0 fully saturated rings. The summed E-state index contributed by atoms with van der Waals surface area (Å²) in [7, 11) is 2.97. The van der Waals surface area contributed by atoms with Crippen molar-refractivity contribution in [3.8, 4) is 5.75 Å². The zero-order valence-corrected chi connectivity index (χ0v) is 20.9. The first-order valence-electron chi connectivity index (χ1n) is 13.3. The molecule has 10 heteroatoms. The van der Waals surface area contributed by atoms with Crippen LogP contribution in [0.15, 0.2) is 54.7 Å². The predicted octanol–water partition coefficient (Wildman–Crippen LogP) is 3.39. The van der Waals surface area contributed by atoms with Crippen molar-refractivity contribution in [1.82, 2.24) is 25.3 Å². The number of aromatic nitrogens is 4. The molecule has 0 saturated heterocycles. The van der Waals surface area contributed by atoms with Crippen LogP contribution in [0.5, 0.6) is 5.75 Å². The standard InChI is InChI=1S/C27H30N6O4/c1-27(2,37-16-35-3)22-12-11-17(14-29-22)13-18-7-5-8-19(31-18)15-30-25(34)24-20-9-6-10-21(36-4)23(20)32-26(28)33-24/h5-12,14H,13,15-16H2,1-4H3,(H,30,34)(H2,28,32,33)/i13D2,15D2. The number of nitrogens with two attached hydrogens (primary N) is 1. The van der Waals surface area contributed by atoms with Crippen LogP contribution in [0, 0.1) is 0 Å². The highest BCUT2D eigenvalue weighted by Gasteiger charge is 2.23. The lowest BCUT2D eigenvalue weighted by Gasteiger charge is -2.24. The minimum Gasteiger partial charge on any atom is -0.494 e. The Morgan fingerprint density at radius 1 is 1.05 bits per heavy atom. The van der Waals surface area contributed by atoms with Gasteiger partial charge in [-0.15, -0.1) is 0 Å². The average Bonchev–Trinajstić information content (AvgIpc) is 2.95. The smallest absolute Gasteiger partial charge is 0.271 e. The highest BCUT2D eigenvalue weighted by atomic mass is 16.7. The molecule has 0 saturated carbocycles. The number of benzene rings is 1. The molecule has 3 N–H and O–H groups in total. The Morgan fingerprint density at radius 2 is 1.84 bits per heavy atom. The van der Waals surface area contributed by atoms with Gasteiger partial charge < -0.3 is 25.3 Å². The van der Waals surface area contributed by atoms with E-state index in [2.05, 4.69) is 25.3 Å². The summed E-state index contributed by atoms with van der Waals surface area (Å²) < 4.78 is 50.5. The molecule has 1 aromatic carbocycles. The number of amides is 1. The number of hydrogen-bond acceptors (Lipinski definition) is 9. The molecule has 3 aromatic heterocycles. The van der Waals surface area contributed by atoms with Crippen molar-refractivity contribution in [2.75, 3.05) is 26.7 Å². The molecule has 0 aliphatic carbocycles. The summed E-state index contributed by atoms with van der Waals surface area (Å²) in [6.07, 6.45) is -0.746. The Morgan fingerprint density at radius 3 is 2.57 bits per heavy atom. The summed E-state index contributed by atoms with van der Waals surface area (Å²) in [5.74, 6) is -0.677. The maximum Gasteiger partial charge on any atom is 0.271 e. The molecule has 3 heterocycles. The number of carbonyl (C=O) groups is 1. The molecule has 4 rings (SSSR count). The second-order valence-electron chi connectivity index (χ2n) is 8.39. The van der Waals surface area contributed by atoms with Gasteiger partial charge in [-0.3, -0.25) is 14.8 Å². The lowest BCUT2D eigenvalue weighted by molar-refractivity contribution is -0.120. The topological polar surface area (TPSA) is 134 Å². The molecule has 192 valence electrons. The third-order valence-corrected chi connectivity index (χ3v) is 5.39. The van der Waals surface area contributed by atoms with Gasteiger partial charge in [-0.1, -0.05) is 24.3 Å². The SMILES string of the molecule is [2H]C([2H])(NC(=O)c1nc(N)nc2c(OC)cccc12)c1cccc(C([2H])([2H])c2ccc(C(C)(C)OCOC)nc2)n1. The number of carbonyl (C=O) groups excluding carboxylic acids is 1. The molecular weight excluding hydrogens is 472 g/mol. The summed E-state index contributed by atoms with van der Waals surface area (Å²) in [4.78, 5) is 30.0. The highest BCUT2D eigenvalue weighted by Crippen LogP contribution is 2.26. The van der Waals surface area contributed by atoms with Gasteiger partial charge in [0.25, 0.3) is 5.91 Å². The number of hydrogen-bond donors (Lipinski definition) is 2. The maximum absolute atomic E-state index is 13.2. The van der Waals surface area contributed by atoms with Crippen LogP contribution < -0.4 is 15.8 Å². The van der Waals surface area contributed by atoms with E-state index in [4.69, 9.17) is 25.4 Å². The van der Waals surface area contributed by atoms with E-state index in [1.165, 1.54) is 38.6 Å². The number of pyridine rings is 2. The van der Waals surface area contributed by atoms with Crippen molar-refractivity contribution in [1.29, 1.82) is 0 Å². The minimum atomic E-state index is -2.50. The maximum atomic E-state index is 13.2. The molecule has 0 aliphatic heterocycles. The molecule has 37 heavy (non-hydrogen) atoms. The van der Waals surface area contributed by atoms with Gasteiger partial charge in [-0.25, -0.2) is 9.97 Å². The van der Waals surface area contributed by atoms with E-state index in [9.17, 15) is 4.79 Å². The highest BCUT2D eigenvalue weighted by molar-refractivity contribution is 6.05. The van der Waals surface area contributed by atoms with E-state index in [1.54, 1.807) is 30.3 Å². The van der Waals surface area contributed by atoms with Gasteiger partial charge in [0, 0.05) is 33.5 Å². The third kappa shape index (κ3) is 6.16. The van der Waals surface area contributed by atoms with E-state index < -0.39 is 24.4 Å². The van der Waals surface area contributed by atoms with E-state index in [0.29, 0.717) is 22.3 Å². The molecule has 4 aromatic rings. The van der Waals surface area contributed by atoms with Crippen LogP contribution in [-0.2, 0) is 27.9 Å². The third-order valence-electron chi connectivity index (χ3n) is 5.39. The summed E-state index contributed by atoms with van der Waals surface area (Å²) in [6, 6.07) is 12.4. The fourth-order valence-electron chi connectivity index (χ4n) is 3.49. The first kappa shape index (κ1) is 21.0. The second kappa shape index (κ2) is 11.3. The van der Waals surface area contributed by atoms with E-state index in [0.717, 1.165) is 0 Å². The lowest BCUT2D eigenvalue weighted by Crippen LogP contribution is -2.25. The normalized spacial score (nSPS) is 13.8. The van der Waals surface area contributed by atoms with Crippen molar-refractivity contribution in [3.63, 3.8) is 0 Å². The van der Waals surface area contributed by atoms with Crippen LogP contribution >= 0.6 is 0 Å². The summed E-state index contributed by atoms with van der Waals surface area (Å²) in [5, 5.41) is 2.61. The van der Waals surface area contributed by atoms with Crippen molar-refractivity contribution in [3.05, 3.63) is 83.1 Å². The number of fused-ring (bicyclic) bond motifs is 1. The first-order valence-corrected chi connectivity index (χ1v) is 11.3. The molecule has 0 atom stereocenters. The molecule has 0 spiro atoms. The van der Waals surface area contributed by atoms with Gasteiger partial charge in [0.1, 0.15) is 29.4 Å². The summed E-state index contributed by atoms with van der Waals surface area (Å²) >= 11 is 0. The van der Waals surface area contributed by atoms with E-state index in [1.807, 2.05) is 13.8 Å². The Hall–Kier alpha value is -4.15. The monoisotopic (exact) mass is 506 g/mol. The Bertz CT molecular complexity index is 1570. The van der Waals surface area contributed by atoms with Crippen LogP contribution in [0.3, 0.4) is 0 Å². The van der Waals surface area contributed by atoms with Gasteiger partial charge in [-0.2, -0.15) is 0 Å². The molecule has 0 aliphatic rings. The van der Waals surface area contributed by atoms with Gasteiger partial charge in [0.05, 0.1) is 27.7 Å². The van der Waals surface area contributed by atoms with Gasteiger partial charge >= 0.3 is 0 Å². The predicted molar refractivity (Wildman–Crippen MR) is 139 cm³/mol. The number of nitrogens with one attached hydrogen (secondary N) is 1. The summed E-state index contributed by atoms with van der Waals surface area (Å²) in [5.41, 5.74) is 5.70. The van der Waals surface area contributed by atoms with Crippen molar-refractivity contribution in [2.45, 2.75) is 32.3 Å². The largest absolute Gasteiger partial charge is 0.494 e. The van der Waals surface area contributed by atoms with Crippen molar-refractivity contribution < 1.29 is 24.5 Å². The average molecular weight is 507 g/mol. The Labute approximate surface area is 220 Å². The van der Waals surface area contributed by atoms with Gasteiger partial charge in [-0.05, 0) is 43.7 Å².